The number of nitrogens with zero attached hydrogens (tertiary/aromatic N) is 1. The standard InChI is InChI=1S/C16H21NO2/c1-9(2)15(19)17-14(18)8-16(17)12-4-10-3-11(6-12)7-13(16)5-10/h10-13H,1,3-8H2,2H3. The topological polar surface area (TPSA) is 37.4 Å². The van der Waals surface area contributed by atoms with Crippen LogP contribution in [0.15, 0.2) is 12.2 Å². The fourth-order valence-corrected chi connectivity index (χ4v) is 5.69. The first-order valence-electron chi connectivity index (χ1n) is 7.55. The number of hydrogen-bond acceptors (Lipinski definition) is 2. The second-order valence-corrected chi connectivity index (χ2v) is 7.29. The van der Waals surface area contributed by atoms with Gasteiger partial charge in [-0.1, -0.05) is 6.58 Å². The largest absolute Gasteiger partial charge is 0.274 e. The summed E-state index contributed by atoms with van der Waals surface area (Å²) in [6, 6.07) is 0. The van der Waals surface area contributed by atoms with Crippen molar-refractivity contribution in [3.8, 4) is 0 Å². The molecule has 3 heteroatoms. The van der Waals surface area contributed by atoms with Crippen LogP contribution in [-0.4, -0.2) is 22.3 Å². The van der Waals surface area contributed by atoms with Crippen LogP contribution in [-0.2, 0) is 9.59 Å². The Morgan fingerprint density at radius 3 is 2.11 bits per heavy atom. The zero-order valence-corrected chi connectivity index (χ0v) is 11.5. The lowest BCUT2D eigenvalue weighted by Crippen LogP contribution is -2.76. The Morgan fingerprint density at radius 1 is 1.16 bits per heavy atom. The highest BCUT2D eigenvalue weighted by Crippen LogP contribution is 2.64. The van der Waals surface area contributed by atoms with Gasteiger partial charge in [-0.3, -0.25) is 14.5 Å². The van der Waals surface area contributed by atoms with Crippen molar-refractivity contribution in [3.05, 3.63) is 12.2 Å². The Morgan fingerprint density at radius 2 is 1.68 bits per heavy atom. The quantitative estimate of drug-likeness (QED) is 0.536. The van der Waals surface area contributed by atoms with Crippen LogP contribution in [0.5, 0.6) is 0 Å². The summed E-state index contributed by atoms with van der Waals surface area (Å²) in [5, 5.41) is 0. The van der Waals surface area contributed by atoms with E-state index in [0.717, 1.165) is 11.8 Å². The van der Waals surface area contributed by atoms with E-state index in [-0.39, 0.29) is 17.4 Å². The fraction of sp³-hybridized carbons (Fsp3) is 0.750. The SMILES string of the molecule is C=C(C)C(=O)N1C(=O)CC12C1CC3CC(C1)CC2C3. The molecule has 1 aliphatic heterocycles. The first kappa shape index (κ1) is 11.7. The van der Waals surface area contributed by atoms with Crippen molar-refractivity contribution in [1.82, 2.24) is 4.90 Å². The maximum Gasteiger partial charge on any atom is 0.256 e. The first-order chi connectivity index (χ1) is 9.02. The van der Waals surface area contributed by atoms with E-state index >= 15 is 0 Å². The maximum atomic E-state index is 12.3. The molecule has 0 aromatic rings. The average Bonchev–Trinajstić information content (AvgIpc) is 2.32. The fourth-order valence-electron chi connectivity index (χ4n) is 5.69. The minimum atomic E-state index is -0.122. The van der Waals surface area contributed by atoms with Gasteiger partial charge in [-0.2, -0.15) is 0 Å². The Kier molecular flexibility index (Phi) is 2.15. The molecule has 0 aromatic heterocycles. The second kappa shape index (κ2) is 3.50. The molecule has 0 N–H and O–H groups in total. The zero-order valence-electron chi connectivity index (χ0n) is 11.5. The van der Waals surface area contributed by atoms with Crippen LogP contribution in [0, 0.1) is 23.7 Å². The van der Waals surface area contributed by atoms with E-state index in [4.69, 9.17) is 0 Å². The minimum Gasteiger partial charge on any atom is -0.274 e. The van der Waals surface area contributed by atoms with Crippen molar-refractivity contribution in [2.24, 2.45) is 23.7 Å². The molecule has 1 saturated heterocycles. The molecule has 0 aromatic carbocycles. The molecule has 102 valence electrons. The van der Waals surface area contributed by atoms with Crippen molar-refractivity contribution in [1.29, 1.82) is 0 Å². The highest BCUT2D eigenvalue weighted by atomic mass is 16.2. The summed E-state index contributed by atoms with van der Waals surface area (Å²) in [7, 11) is 0. The molecule has 19 heavy (non-hydrogen) atoms. The summed E-state index contributed by atoms with van der Waals surface area (Å²) in [6.07, 6.45) is 6.95. The minimum absolute atomic E-state index is 0.0282. The molecule has 0 unspecified atom stereocenters. The Hall–Kier alpha value is -1.12. The molecule has 1 spiro atoms. The second-order valence-electron chi connectivity index (χ2n) is 7.29. The van der Waals surface area contributed by atoms with Crippen LogP contribution in [0.3, 0.4) is 0 Å². The smallest absolute Gasteiger partial charge is 0.256 e. The molecule has 5 rings (SSSR count). The van der Waals surface area contributed by atoms with Crippen molar-refractivity contribution in [2.45, 2.75) is 51.0 Å². The molecule has 0 atom stereocenters. The van der Waals surface area contributed by atoms with E-state index in [1.807, 2.05) is 0 Å². The number of likely N-dealkylation sites (tertiary alicyclic amines) is 1. The first-order valence-corrected chi connectivity index (χ1v) is 7.55. The maximum absolute atomic E-state index is 12.3. The van der Waals surface area contributed by atoms with Crippen LogP contribution < -0.4 is 0 Å². The van der Waals surface area contributed by atoms with Crippen molar-refractivity contribution < 1.29 is 9.59 Å². The average molecular weight is 259 g/mol. The molecule has 4 saturated carbocycles. The van der Waals surface area contributed by atoms with E-state index in [1.54, 1.807) is 11.8 Å². The lowest BCUT2D eigenvalue weighted by Gasteiger charge is -2.68. The Labute approximate surface area is 114 Å². The summed E-state index contributed by atoms with van der Waals surface area (Å²) in [5.74, 6) is 2.79. The molecule has 3 nitrogen and oxygen atoms in total. The van der Waals surface area contributed by atoms with Crippen LogP contribution in [0.4, 0.5) is 0 Å². The summed E-state index contributed by atoms with van der Waals surface area (Å²) >= 11 is 0. The molecule has 0 radical (unpaired) electrons. The van der Waals surface area contributed by atoms with Gasteiger partial charge in [-0.25, -0.2) is 0 Å². The molecule has 1 heterocycles. The third-order valence-corrected chi connectivity index (χ3v) is 6.22. The Bertz CT molecular complexity index is 465. The summed E-state index contributed by atoms with van der Waals surface area (Å²) in [6.45, 7) is 5.46. The summed E-state index contributed by atoms with van der Waals surface area (Å²) in [4.78, 5) is 26.0. The van der Waals surface area contributed by atoms with Crippen molar-refractivity contribution in [2.75, 3.05) is 0 Å². The third kappa shape index (κ3) is 1.29. The molecular weight excluding hydrogens is 238 g/mol. The number of carbonyl (C=O) groups excluding carboxylic acids is 2. The number of β-lactam (4-membered cyclic amide) rings is 1. The predicted octanol–water partition coefficient (Wildman–Crippen LogP) is 2.52. The lowest BCUT2D eigenvalue weighted by molar-refractivity contribution is -0.201. The third-order valence-electron chi connectivity index (χ3n) is 6.22. The summed E-state index contributed by atoms with van der Waals surface area (Å²) < 4.78 is 0. The van der Waals surface area contributed by atoms with Gasteiger partial charge < -0.3 is 0 Å². The number of hydrogen-bond donors (Lipinski definition) is 0. The predicted molar refractivity (Wildman–Crippen MR) is 71.1 cm³/mol. The van der Waals surface area contributed by atoms with Gasteiger partial charge in [-0.15, -0.1) is 0 Å². The van der Waals surface area contributed by atoms with Gasteiger partial charge in [0.05, 0.1) is 12.0 Å². The normalized spacial score (nSPS) is 46.6. The van der Waals surface area contributed by atoms with Crippen LogP contribution in [0.25, 0.3) is 0 Å². The van der Waals surface area contributed by atoms with Gasteiger partial charge in [0.15, 0.2) is 0 Å². The molecule has 5 fully saturated rings. The highest BCUT2D eigenvalue weighted by Gasteiger charge is 2.67. The molecule has 4 bridgehead atoms. The zero-order chi connectivity index (χ0) is 13.4. The van der Waals surface area contributed by atoms with Gasteiger partial charge in [0, 0.05) is 5.57 Å². The molecule has 2 amide bonds. The highest BCUT2D eigenvalue weighted by molar-refractivity contribution is 6.08. The van der Waals surface area contributed by atoms with Crippen LogP contribution in [0.1, 0.15) is 45.4 Å². The lowest BCUT2D eigenvalue weighted by atomic mass is 9.45. The van der Waals surface area contributed by atoms with Crippen molar-refractivity contribution >= 4 is 11.8 Å². The number of rotatable bonds is 1. The van der Waals surface area contributed by atoms with Crippen molar-refractivity contribution in [3.63, 3.8) is 0 Å². The van der Waals surface area contributed by atoms with E-state index in [9.17, 15) is 9.59 Å². The number of carbonyl (C=O) groups is 2. The molecular formula is C16H21NO2. The molecule has 4 aliphatic carbocycles. The van der Waals surface area contributed by atoms with E-state index in [2.05, 4.69) is 6.58 Å². The van der Waals surface area contributed by atoms with Gasteiger partial charge in [0.2, 0.25) is 5.91 Å². The van der Waals surface area contributed by atoms with Gasteiger partial charge in [0.25, 0.3) is 5.91 Å². The molecule has 5 aliphatic rings. The summed E-state index contributed by atoms with van der Waals surface area (Å²) in [5.41, 5.74) is 0.391. The van der Waals surface area contributed by atoms with Crippen LogP contribution >= 0.6 is 0 Å². The number of amides is 2. The van der Waals surface area contributed by atoms with Crippen LogP contribution in [0.2, 0.25) is 0 Å². The van der Waals surface area contributed by atoms with E-state index in [1.165, 1.54) is 32.1 Å². The van der Waals surface area contributed by atoms with E-state index < -0.39 is 0 Å². The Balaban J connectivity index is 1.72. The van der Waals surface area contributed by atoms with E-state index in [0.29, 0.717) is 23.8 Å². The van der Waals surface area contributed by atoms with Gasteiger partial charge in [0.1, 0.15) is 0 Å². The number of imide groups is 1. The van der Waals surface area contributed by atoms with Gasteiger partial charge in [-0.05, 0) is 62.7 Å². The monoisotopic (exact) mass is 259 g/mol. The van der Waals surface area contributed by atoms with Gasteiger partial charge >= 0.3 is 0 Å².